The lowest BCUT2D eigenvalue weighted by Gasteiger charge is -2.34. The highest BCUT2D eigenvalue weighted by Crippen LogP contribution is 2.43. The van der Waals surface area contributed by atoms with Crippen molar-refractivity contribution in [1.29, 1.82) is 0 Å². The van der Waals surface area contributed by atoms with Crippen LogP contribution in [0.1, 0.15) is 54.2 Å². The van der Waals surface area contributed by atoms with Gasteiger partial charge in [0.15, 0.2) is 6.29 Å². The van der Waals surface area contributed by atoms with E-state index in [2.05, 4.69) is 36.5 Å². The Labute approximate surface area is 223 Å². The molecule has 0 fully saturated rings. The van der Waals surface area contributed by atoms with Crippen LogP contribution in [-0.4, -0.2) is 56.2 Å². The molecule has 0 radical (unpaired) electrons. The van der Waals surface area contributed by atoms with Crippen molar-refractivity contribution >= 4 is 30.1 Å². The van der Waals surface area contributed by atoms with Crippen LogP contribution in [0.4, 0.5) is 25.8 Å². The number of para-hydroxylation sites is 1. The smallest absolute Gasteiger partial charge is 0.387 e. The molecule has 2 unspecified atom stereocenters. The zero-order valence-corrected chi connectivity index (χ0v) is 22.3. The molecule has 38 heavy (non-hydrogen) atoms. The molecule has 1 aromatic heterocycles. The highest BCUT2D eigenvalue weighted by molar-refractivity contribution is 5.92. The number of anilines is 2. The topological polar surface area (TPSA) is 58.0 Å². The molecule has 6 nitrogen and oxygen atoms in total. The third-order valence-corrected chi connectivity index (χ3v) is 7.32. The fraction of sp³-hybridized carbons (Fsp3) is 0.367. The minimum absolute atomic E-state index is 0.0404. The van der Waals surface area contributed by atoms with Crippen LogP contribution in [0.3, 0.4) is 0 Å². The second kappa shape index (κ2) is 11.8. The Morgan fingerprint density at radius 1 is 1.21 bits per heavy atom. The van der Waals surface area contributed by atoms with Gasteiger partial charge < -0.3 is 14.5 Å². The summed E-state index contributed by atoms with van der Waals surface area (Å²) in [6.07, 6.45) is 5.41. The van der Waals surface area contributed by atoms with Crippen LogP contribution in [-0.2, 0) is 6.42 Å². The molecule has 4 rings (SSSR count). The van der Waals surface area contributed by atoms with Crippen molar-refractivity contribution in [3.8, 4) is 16.9 Å². The van der Waals surface area contributed by atoms with Crippen molar-refractivity contribution in [2.75, 3.05) is 25.5 Å². The number of nitrogens with zero attached hydrogens (tertiary/aromatic N) is 4. The Balaban J connectivity index is 1.92. The number of benzene rings is 2. The second-order valence-electron chi connectivity index (χ2n) is 9.90. The molecule has 0 spiro atoms. The summed E-state index contributed by atoms with van der Waals surface area (Å²) in [5, 5.41) is 0. The van der Waals surface area contributed by atoms with Gasteiger partial charge >= 0.3 is 6.61 Å². The largest absolute Gasteiger partial charge is 0.433 e. The minimum Gasteiger partial charge on any atom is -0.433 e. The van der Waals surface area contributed by atoms with Gasteiger partial charge in [-0.2, -0.15) is 8.78 Å². The van der Waals surface area contributed by atoms with Gasteiger partial charge in [-0.25, -0.2) is 0 Å². The molecule has 1 heterocycles. The van der Waals surface area contributed by atoms with Gasteiger partial charge in [-0.05, 0) is 87.5 Å². The molecule has 3 aromatic rings. The third kappa shape index (κ3) is 5.60. The number of likely N-dealkylation sites (N-methyl/N-ethyl adjacent to an activating group) is 1. The first kappa shape index (κ1) is 27.4. The number of alkyl halides is 2. The van der Waals surface area contributed by atoms with Crippen molar-refractivity contribution in [3.05, 3.63) is 65.5 Å². The molecule has 0 aliphatic heterocycles. The van der Waals surface area contributed by atoms with Crippen LogP contribution in [0, 0.1) is 0 Å². The maximum atomic E-state index is 13.5. The molecule has 1 aliphatic rings. The van der Waals surface area contributed by atoms with Crippen LogP contribution in [0.15, 0.2) is 53.7 Å². The molecule has 200 valence electrons. The van der Waals surface area contributed by atoms with E-state index in [1.807, 2.05) is 43.4 Å². The van der Waals surface area contributed by atoms with Gasteiger partial charge in [-0.15, -0.1) is 0 Å². The molecular formula is C30H34F2N4O2. The Bertz CT molecular complexity index is 1310. The van der Waals surface area contributed by atoms with E-state index in [4.69, 9.17) is 9.72 Å². The van der Waals surface area contributed by atoms with Gasteiger partial charge in [0.25, 0.3) is 0 Å². The van der Waals surface area contributed by atoms with Gasteiger partial charge in [0, 0.05) is 35.6 Å². The number of carbonyl (C=O) groups is 1. The summed E-state index contributed by atoms with van der Waals surface area (Å²) < 4.78 is 31.8. The number of aryl methyl sites for hydroxylation is 1. The Morgan fingerprint density at radius 3 is 2.66 bits per heavy atom. The van der Waals surface area contributed by atoms with Gasteiger partial charge in [0.2, 0.25) is 0 Å². The van der Waals surface area contributed by atoms with Gasteiger partial charge in [0.05, 0.1) is 17.1 Å². The lowest BCUT2D eigenvalue weighted by molar-refractivity contribution is -0.0495. The molecule has 2 atom stereocenters. The second-order valence-corrected chi connectivity index (χ2v) is 9.90. The number of fused-ring (bicyclic) bond motifs is 1. The summed E-state index contributed by atoms with van der Waals surface area (Å²) in [5.74, 6) is 0.370. The van der Waals surface area contributed by atoms with Crippen molar-refractivity contribution in [2.24, 2.45) is 4.99 Å². The number of aldehydes is 1. The average Bonchev–Trinajstić information content (AvgIpc) is 3.28. The van der Waals surface area contributed by atoms with Crippen LogP contribution >= 0.6 is 0 Å². The fourth-order valence-corrected chi connectivity index (χ4v) is 5.18. The monoisotopic (exact) mass is 520 g/mol. The van der Waals surface area contributed by atoms with Crippen LogP contribution in [0.5, 0.6) is 5.75 Å². The van der Waals surface area contributed by atoms with E-state index in [9.17, 15) is 13.6 Å². The summed E-state index contributed by atoms with van der Waals surface area (Å²) in [6, 6.07) is 12.6. The number of aliphatic imine (C=N–C) groups is 1. The number of ether oxygens (including phenoxy) is 1. The highest BCUT2D eigenvalue weighted by atomic mass is 19.3. The van der Waals surface area contributed by atoms with E-state index < -0.39 is 6.61 Å². The molecular weight excluding hydrogens is 486 g/mol. The predicted molar refractivity (Wildman–Crippen MR) is 149 cm³/mol. The van der Waals surface area contributed by atoms with Crippen molar-refractivity contribution < 1.29 is 18.3 Å². The van der Waals surface area contributed by atoms with E-state index in [1.165, 1.54) is 17.7 Å². The maximum absolute atomic E-state index is 13.5. The van der Waals surface area contributed by atoms with E-state index in [-0.39, 0.29) is 23.0 Å². The van der Waals surface area contributed by atoms with Crippen LogP contribution < -0.4 is 9.64 Å². The normalized spacial score (nSPS) is 15.4. The SMILES string of the molecule is C=Nc1ccc(-c2cnc3c(c2)CCC3C)cc1N(CC(CC)N(C)C)c1c(C=O)cccc1OC(F)F. The molecule has 0 N–H and O–H groups in total. The van der Waals surface area contributed by atoms with Crippen molar-refractivity contribution in [2.45, 2.75) is 51.7 Å². The number of pyridine rings is 1. The number of rotatable bonds is 11. The van der Waals surface area contributed by atoms with Gasteiger partial charge in [-0.3, -0.25) is 14.8 Å². The van der Waals surface area contributed by atoms with Crippen molar-refractivity contribution in [3.63, 3.8) is 0 Å². The summed E-state index contributed by atoms with van der Waals surface area (Å²) in [5.41, 5.74) is 5.97. The molecule has 0 bridgehead atoms. The number of hydrogen-bond acceptors (Lipinski definition) is 6. The lowest BCUT2D eigenvalue weighted by atomic mass is 10.0. The molecule has 2 aromatic carbocycles. The maximum Gasteiger partial charge on any atom is 0.387 e. The molecule has 0 amide bonds. The number of aromatic nitrogens is 1. The first-order chi connectivity index (χ1) is 18.3. The Kier molecular flexibility index (Phi) is 8.52. The first-order valence-electron chi connectivity index (χ1n) is 12.8. The highest BCUT2D eigenvalue weighted by Gasteiger charge is 2.27. The zero-order valence-electron chi connectivity index (χ0n) is 22.3. The van der Waals surface area contributed by atoms with E-state index in [0.717, 1.165) is 36.1 Å². The van der Waals surface area contributed by atoms with E-state index in [0.29, 0.717) is 30.1 Å². The summed E-state index contributed by atoms with van der Waals surface area (Å²) in [6.45, 7) is 5.36. The average molecular weight is 521 g/mol. The number of carbonyl (C=O) groups excluding carboxylic acids is 1. The Hall–Kier alpha value is -3.65. The fourth-order valence-electron chi connectivity index (χ4n) is 5.18. The molecule has 0 saturated heterocycles. The minimum atomic E-state index is -3.04. The number of halogens is 2. The van der Waals surface area contributed by atoms with Crippen molar-refractivity contribution in [1.82, 2.24) is 9.88 Å². The zero-order chi connectivity index (χ0) is 27.4. The summed E-state index contributed by atoms with van der Waals surface area (Å²) in [4.78, 5) is 25.1. The third-order valence-electron chi connectivity index (χ3n) is 7.32. The summed E-state index contributed by atoms with van der Waals surface area (Å²) in [7, 11) is 3.93. The van der Waals surface area contributed by atoms with E-state index in [1.54, 1.807) is 6.07 Å². The van der Waals surface area contributed by atoms with E-state index >= 15 is 0 Å². The van der Waals surface area contributed by atoms with Gasteiger partial charge in [-0.1, -0.05) is 26.0 Å². The molecule has 8 heteroatoms. The molecule has 0 saturated carbocycles. The summed E-state index contributed by atoms with van der Waals surface area (Å²) >= 11 is 0. The predicted octanol–water partition coefficient (Wildman–Crippen LogP) is 7.02. The van der Waals surface area contributed by atoms with Gasteiger partial charge in [0.1, 0.15) is 5.75 Å². The Morgan fingerprint density at radius 2 is 2.00 bits per heavy atom. The van der Waals surface area contributed by atoms with Crippen LogP contribution in [0.2, 0.25) is 0 Å². The van der Waals surface area contributed by atoms with Crippen LogP contribution in [0.25, 0.3) is 11.1 Å². The lowest BCUT2D eigenvalue weighted by Crippen LogP contribution is -2.38. The number of hydrogen-bond donors (Lipinski definition) is 0. The quantitative estimate of drug-likeness (QED) is 0.201. The molecule has 1 aliphatic carbocycles. The standard InChI is InChI=1S/C30H34F2N4O2/c1-6-24(35(4)5)17-36(29-22(18-37)8-7-9-27(29)38-30(31)32)26-15-20(12-13-25(26)33-3)23-14-21-11-10-19(2)28(21)34-16-23/h7-9,12-16,18-19,24,30H,3,6,10-11,17H2,1-2,4-5H3. The first-order valence-corrected chi connectivity index (χ1v) is 12.8.